The van der Waals surface area contributed by atoms with Crippen LogP contribution in [-0.4, -0.2) is 35.2 Å². The summed E-state index contributed by atoms with van der Waals surface area (Å²) in [6.45, 7) is 2.58. The second-order valence-corrected chi connectivity index (χ2v) is 9.22. The quantitative estimate of drug-likeness (QED) is 0.167. The van der Waals surface area contributed by atoms with Gasteiger partial charge in [0, 0.05) is 37.1 Å². The number of hydrogen-bond donors (Lipinski definition) is 1. The summed E-state index contributed by atoms with van der Waals surface area (Å²) in [6.07, 6.45) is -1.25. The largest absolute Gasteiger partial charge is 0.457 e. The second kappa shape index (κ2) is 10.4. The second-order valence-electron chi connectivity index (χ2n) is 8.37. The predicted molar refractivity (Wildman–Crippen MR) is 140 cm³/mol. The molecule has 15 heteroatoms. The first-order valence-corrected chi connectivity index (χ1v) is 12.3. The van der Waals surface area contributed by atoms with Crippen molar-refractivity contribution in [3.05, 3.63) is 92.8 Å². The average Bonchev–Trinajstić information content (AvgIpc) is 3.51. The monoisotopic (exact) mass is 615 g/mol. The third-order valence-corrected chi connectivity index (χ3v) is 6.21. The van der Waals surface area contributed by atoms with Crippen molar-refractivity contribution in [2.75, 3.05) is 5.32 Å². The van der Waals surface area contributed by atoms with Crippen LogP contribution in [0.3, 0.4) is 0 Å². The van der Waals surface area contributed by atoms with Crippen molar-refractivity contribution in [2.24, 2.45) is 0 Å². The molecule has 1 N–H and O–H groups in total. The lowest BCUT2D eigenvalue weighted by atomic mass is 10.2. The van der Waals surface area contributed by atoms with E-state index in [4.69, 9.17) is 4.74 Å². The van der Waals surface area contributed by atoms with E-state index in [1.807, 2.05) is 6.92 Å². The number of amides is 1. The van der Waals surface area contributed by atoms with Crippen LogP contribution >= 0.6 is 15.9 Å². The Balaban J connectivity index is 1.44. The molecule has 11 nitrogen and oxygen atoms in total. The van der Waals surface area contributed by atoms with Gasteiger partial charge in [-0.3, -0.25) is 19.6 Å². The fraction of sp³-hybridized carbons (Fsp3) is 0.120. The zero-order valence-corrected chi connectivity index (χ0v) is 22.0. The average molecular weight is 616 g/mol. The van der Waals surface area contributed by atoms with Crippen molar-refractivity contribution in [1.29, 1.82) is 0 Å². The zero-order valence-electron chi connectivity index (χ0n) is 20.4. The summed E-state index contributed by atoms with van der Waals surface area (Å²) < 4.78 is 48.6. The van der Waals surface area contributed by atoms with Crippen LogP contribution in [0.4, 0.5) is 24.5 Å². The summed E-state index contributed by atoms with van der Waals surface area (Å²) in [5, 5.41) is 22.9. The molecule has 5 rings (SSSR count). The molecule has 5 aromatic rings. The first kappa shape index (κ1) is 26.8. The number of non-ortho nitro benzene ring substituents is 1. The Hall–Kier alpha value is -4.79. The summed E-state index contributed by atoms with van der Waals surface area (Å²) in [5.74, 6) is -1.05. The molecule has 0 aliphatic carbocycles. The number of halogens is 4. The van der Waals surface area contributed by atoms with Gasteiger partial charge in [0.25, 0.3) is 11.6 Å². The van der Waals surface area contributed by atoms with Crippen LogP contribution in [0.25, 0.3) is 17.0 Å². The molecule has 0 unspecified atom stereocenters. The highest BCUT2D eigenvalue weighted by Crippen LogP contribution is 2.34. The van der Waals surface area contributed by atoms with E-state index in [0.717, 1.165) is 30.3 Å². The molecular weight excluding hydrogens is 599 g/mol. The van der Waals surface area contributed by atoms with Crippen LogP contribution in [0.1, 0.15) is 23.0 Å². The first-order valence-electron chi connectivity index (χ1n) is 11.6. The molecule has 0 fully saturated rings. The van der Waals surface area contributed by atoms with E-state index >= 15 is 0 Å². The minimum Gasteiger partial charge on any atom is -0.457 e. The fourth-order valence-corrected chi connectivity index (χ4v) is 4.32. The van der Waals surface area contributed by atoms with E-state index in [1.165, 1.54) is 22.7 Å². The maximum Gasteiger partial charge on any atom is 0.416 e. The number of anilines is 1. The van der Waals surface area contributed by atoms with Crippen LogP contribution in [0.5, 0.6) is 11.5 Å². The predicted octanol–water partition coefficient (Wildman–Crippen LogP) is 6.35. The van der Waals surface area contributed by atoms with Gasteiger partial charge in [-0.15, -0.1) is 0 Å². The van der Waals surface area contributed by atoms with Gasteiger partial charge in [0.15, 0.2) is 11.3 Å². The van der Waals surface area contributed by atoms with Crippen molar-refractivity contribution in [2.45, 2.75) is 19.6 Å². The molecule has 0 aliphatic rings. The van der Waals surface area contributed by atoms with Gasteiger partial charge in [0.2, 0.25) is 0 Å². The molecule has 0 bridgehead atoms. The summed E-state index contributed by atoms with van der Waals surface area (Å²) in [5.41, 5.74) is 0.0314. The van der Waals surface area contributed by atoms with Crippen molar-refractivity contribution in [3.63, 3.8) is 0 Å². The van der Waals surface area contributed by atoms with Crippen LogP contribution in [0.2, 0.25) is 0 Å². The van der Waals surface area contributed by atoms with Crippen LogP contribution in [0.15, 0.2) is 71.5 Å². The standard InChI is InChI=1S/C25H17BrF3N7O4/c1-2-34-13-19(26)23(33-34)21-6-7-30-22-12-20(32-35(21)22)24(37)31-15-9-16(36(38)39)11-18(10-15)40-17-5-3-4-14(8-17)25(27,28)29/h3-13H,2H2,1H3,(H,31,37). The third-order valence-electron chi connectivity index (χ3n) is 5.63. The highest BCUT2D eigenvalue weighted by atomic mass is 79.9. The smallest absolute Gasteiger partial charge is 0.416 e. The number of carbonyl (C=O) groups excluding carboxylic acids is 1. The van der Waals surface area contributed by atoms with Crippen LogP contribution in [0, 0.1) is 10.1 Å². The Morgan fingerprint density at radius 1 is 1.12 bits per heavy atom. The molecule has 0 atom stereocenters. The molecule has 40 heavy (non-hydrogen) atoms. The van der Waals surface area contributed by atoms with E-state index in [2.05, 4.69) is 36.4 Å². The highest BCUT2D eigenvalue weighted by Gasteiger charge is 2.30. The van der Waals surface area contributed by atoms with Crippen molar-refractivity contribution >= 4 is 38.9 Å². The van der Waals surface area contributed by atoms with Crippen molar-refractivity contribution in [3.8, 4) is 22.9 Å². The Bertz CT molecular complexity index is 1770. The van der Waals surface area contributed by atoms with Crippen LogP contribution in [-0.2, 0) is 12.7 Å². The summed E-state index contributed by atoms with van der Waals surface area (Å²) >= 11 is 3.48. The number of fused-ring (bicyclic) bond motifs is 1. The minimum absolute atomic E-state index is 0.0316. The number of nitro groups is 1. The molecule has 2 aromatic carbocycles. The molecular formula is C25H17BrF3N7O4. The number of nitrogens with zero attached hydrogens (tertiary/aromatic N) is 6. The van der Waals surface area contributed by atoms with Gasteiger partial charge >= 0.3 is 6.18 Å². The lowest BCUT2D eigenvalue weighted by Crippen LogP contribution is -2.13. The Morgan fingerprint density at radius 3 is 2.62 bits per heavy atom. The van der Waals surface area contributed by atoms with Gasteiger partial charge < -0.3 is 10.1 Å². The van der Waals surface area contributed by atoms with E-state index in [9.17, 15) is 28.1 Å². The van der Waals surface area contributed by atoms with Gasteiger partial charge in [-0.05, 0) is 47.1 Å². The summed E-state index contributed by atoms with van der Waals surface area (Å²) in [7, 11) is 0. The topological polar surface area (TPSA) is 129 Å². The fourth-order valence-electron chi connectivity index (χ4n) is 3.81. The van der Waals surface area contributed by atoms with Gasteiger partial charge in [0.1, 0.15) is 17.2 Å². The highest BCUT2D eigenvalue weighted by molar-refractivity contribution is 9.10. The van der Waals surface area contributed by atoms with E-state index in [-0.39, 0.29) is 22.9 Å². The van der Waals surface area contributed by atoms with Crippen molar-refractivity contribution in [1.82, 2.24) is 24.4 Å². The number of hydrogen-bond acceptors (Lipinski definition) is 7. The van der Waals surface area contributed by atoms with Crippen LogP contribution < -0.4 is 10.1 Å². The van der Waals surface area contributed by atoms with Crippen molar-refractivity contribution < 1.29 is 27.6 Å². The Kier molecular flexibility index (Phi) is 6.97. The summed E-state index contributed by atoms with van der Waals surface area (Å²) in [4.78, 5) is 28.1. The molecule has 0 radical (unpaired) electrons. The third kappa shape index (κ3) is 5.49. The zero-order chi connectivity index (χ0) is 28.6. The lowest BCUT2D eigenvalue weighted by molar-refractivity contribution is -0.384. The Morgan fingerprint density at radius 2 is 1.93 bits per heavy atom. The molecule has 0 saturated carbocycles. The molecule has 3 aromatic heterocycles. The van der Waals surface area contributed by atoms with E-state index in [1.54, 1.807) is 23.1 Å². The molecule has 1 amide bonds. The maximum absolute atomic E-state index is 13.1. The molecule has 204 valence electrons. The molecule has 0 aliphatic heterocycles. The van der Waals surface area contributed by atoms with Gasteiger partial charge in [-0.1, -0.05) is 6.07 Å². The number of carbonyl (C=O) groups is 1. The number of benzene rings is 2. The number of rotatable bonds is 7. The minimum atomic E-state index is -4.60. The number of ether oxygens (including phenoxy) is 1. The van der Waals surface area contributed by atoms with E-state index < -0.39 is 28.3 Å². The van der Waals surface area contributed by atoms with Gasteiger partial charge in [-0.25, -0.2) is 9.50 Å². The first-order chi connectivity index (χ1) is 19.0. The Labute approximate surface area is 231 Å². The van der Waals surface area contributed by atoms with E-state index in [0.29, 0.717) is 28.1 Å². The number of nitrogens with one attached hydrogen (secondary N) is 1. The molecule has 0 saturated heterocycles. The number of aryl methyl sites for hydroxylation is 1. The van der Waals surface area contributed by atoms with Gasteiger partial charge in [-0.2, -0.15) is 23.4 Å². The SMILES string of the molecule is CCn1cc(Br)c(-c2ccnc3cc(C(=O)Nc4cc(Oc5cccc(C(F)(F)F)c5)cc([N+](=O)[O-])c4)nn23)n1. The lowest BCUT2D eigenvalue weighted by Gasteiger charge is -2.11. The summed E-state index contributed by atoms with van der Waals surface area (Å²) in [6, 6.07) is 10.5. The molecule has 3 heterocycles. The number of nitro benzene ring substituents is 1. The number of alkyl halides is 3. The normalized spacial score (nSPS) is 11.5. The maximum atomic E-state index is 13.1. The van der Waals surface area contributed by atoms with Gasteiger partial charge in [0.05, 0.1) is 32.4 Å². The number of aromatic nitrogens is 5. The molecule has 0 spiro atoms.